The summed E-state index contributed by atoms with van der Waals surface area (Å²) in [5.74, 6) is 0.160. The quantitative estimate of drug-likeness (QED) is 0.774. The Bertz CT molecular complexity index is 719. The summed E-state index contributed by atoms with van der Waals surface area (Å²) in [4.78, 5) is 12.3. The summed E-state index contributed by atoms with van der Waals surface area (Å²) < 4.78 is 5.45. The Morgan fingerprint density at radius 3 is 2.52 bits per heavy atom. The summed E-state index contributed by atoms with van der Waals surface area (Å²) in [5, 5.41) is 23.2. The summed E-state index contributed by atoms with van der Waals surface area (Å²) in [7, 11) is 0. The van der Waals surface area contributed by atoms with Gasteiger partial charge in [-0.05, 0) is 36.6 Å². The van der Waals surface area contributed by atoms with Gasteiger partial charge in [0.05, 0.1) is 12.1 Å². The third kappa shape index (κ3) is 4.00. The molecule has 2 aromatic carbocycles. The minimum Gasteiger partial charge on any atom is -0.484 e. The zero-order chi connectivity index (χ0) is 17.8. The first-order valence-corrected chi connectivity index (χ1v) is 8.45. The average molecular weight is 341 g/mol. The zero-order valence-electron chi connectivity index (χ0n) is 14.1. The van der Waals surface area contributed by atoms with Crippen LogP contribution in [0.4, 0.5) is 0 Å². The van der Waals surface area contributed by atoms with E-state index in [1.54, 1.807) is 12.1 Å². The lowest BCUT2D eigenvalue weighted by atomic mass is 9.90. The second-order valence-corrected chi connectivity index (χ2v) is 6.45. The highest BCUT2D eigenvalue weighted by Crippen LogP contribution is 2.36. The van der Waals surface area contributed by atoms with Gasteiger partial charge in [0.2, 0.25) is 0 Å². The van der Waals surface area contributed by atoms with Gasteiger partial charge >= 0.3 is 0 Å². The van der Waals surface area contributed by atoms with Crippen molar-refractivity contribution in [2.24, 2.45) is 0 Å². The number of benzene rings is 2. The molecule has 0 aromatic heterocycles. The summed E-state index contributed by atoms with van der Waals surface area (Å²) in [6, 6.07) is 16.4. The number of para-hydroxylation sites is 1. The van der Waals surface area contributed by atoms with E-state index >= 15 is 0 Å². The number of amides is 1. The Labute approximate surface area is 147 Å². The number of hydrogen-bond donors (Lipinski definition) is 3. The Hall–Kier alpha value is -2.37. The van der Waals surface area contributed by atoms with E-state index in [0.717, 1.165) is 11.1 Å². The van der Waals surface area contributed by atoms with Gasteiger partial charge in [-0.15, -0.1) is 0 Å². The lowest BCUT2D eigenvalue weighted by Crippen LogP contribution is -2.46. The van der Waals surface area contributed by atoms with Crippen molar-refractivity contribution in [3.8, 4) is 5.75 Å². The Morgan fingerprint density at radius 2 is 1.80 bits per heavy atom. The van der Waals surface area contributed by atoms with Gasteiger partial charge in [0, 0.05) is 5.92 Å². The van der Waals surface area contributed by atoms with E-state index in [-0.39, 0.29) is 18.4 Å². The molecule has 3 rings (SSSR count). The molecule has 1 aliphatic rings. The van der Waals surface area contributed by atoms with Crippen LogP contribution in [0.5, 0.6) is 5.75 Å². The molecule has 0 heterocycles. The molecule has 4 atom stereocenters. The van der Waals surface area contributed by atoms with E-state index in [9.17, 15) is 15.0 Å². The van der Waals surface area contributed by atoms with Crippen LogP contribution in [0.2, 0.25) is 0 Å². The number of aliphatic hydroxyl groups excluding tert-OH is 2. The number of nitrogens with one attached hydrogen (secondary N) is 1. The van der Waals surface area contributed by atoms with Crippen molar-refractivity contribution in [3.63, 3.8) is 0 Å². The number of carbonyl (C=O) groups is 1. The van der Waals surface area contributed by atoms with Gasteiger partial charge in [-0.2, -0.15) is 0 Å². The van der Waals surface area contributed by atoms with E-state index in [1.165, 1.54) is 0 Å². The lowest BCUT2D eigenvalue weighted by molar-refractivity contribution is -0.124. The average Bonchev–Trinajstić information content (AvgIpc) is 2.89. The van der Waals surface area contributed by atoms with Crippen LogP contribution < -0.4 is 10.1 Å². The normalized spacial score (nSPS) is 25.6. The number of aryl methyl sites for hydroxylation is 1. The smallest absolute Gasteiger partial charge is 0.258 e. The minimum absolute atomic E-state index is 0.133. The number of hydrogen-bond acceptors (Lipinski definition) is 4. The molecule has 2 aromatic rings. The van der Waals surface area contributed by atoms with Crippen molar-refractivity contribution < 1.29 is 19.7 Å². The van der Waals surface area contributed by atoms with Gasteiger partial charge in [0.15, 0.2) is 6.61 Å². The minimum atomic E-state index is -0.995. The van der Waals surface area contributed by atoms with Crippen LogP contribution in [0.1, 0.15) is 23.5 Å². The number of carbonyl (C=O) groups excluding carboxylic acids is 1. The van der Waals surface area contributed by atoms with Crippen LogP contribution in [0, 0.1) is 6.92 Å². The molecule has 0 saturated heterocycles. The molecular formula is C20H23NO4. The fourth-order valence-electron chi connectivity index (χ4n) is 3.43. The molecule has 5 nitrogen and oxygen atoms in total. The van der Waals surface area contributed by atoms with Crippen molar-refractivity contribution in [2.75, 3.05) is 6.61 Å². The molecule has 3 N–H and O–H groups in total. The van der Waals surface area contributed by atoms with Crippen molar-refractivity contribution in [3.05, 3.63) is 65.7 Å². The standard InChI is InChI=1S/C20H23NO4/c1-13-7-5-6-10-15(13)16-11-17(22)20(24)19(16)21-18(23)12-25-14-8-3-2-4-9-14/h2-10,16-17,19-20,22,24H,11-12H2,1H3,(H,21,23). The van der Waals surface area contributed by atoms with Crippen molar-refractivity contribution in [2.45, 2.75) is 37.5 Å². The number of ether oxygens (including phenoxy) is 1. The van der Waals surface area contributed by atoms with E-state index in [0.29, 0.717) is 12.2 Å². The van der Waals surface area contributed by atoms with E-state index < -0.39 is 18.2 Å². The van der Waals surface area contributed by atoms with Crippen LogP contribution in [-0.4, -0.2) is 41.0 Å². The summed E-state index contributed by atoms with van der Waals surface area (Å²) >= 11 is 0. The Balaban J connectivity index is 1.68. The van der Waals surface area contributed by atoms with Crippen molar-refractivity contribution >= 4 is 5.91 Å². The first kappa shape index (κ1) is 17.5. The highest BCUT2D eigenvalue weighted by molar-refractivity contribution is 5.78. The molecule has 1 saturated carbocycles. The second kappa shape index (κ2) is 7.68. The lowest BCUT2D eigenvalue weighted by Gasteiger charge is -2.25. The van der Waals surface area contributed by atoms with E-state index in [4.69, 9.17) is 4.74 Å². The largest absolute Gasteiger partial charge is 0.484 e. The van der Waals surface area contributed by atoms with Gasteiger partial charge in [-0.25, -0.2) is 0 Å². The third-order valence-corrected chi connectivity index (χ3v) is 4.72. The molecule has 1 fully saturated rings. The van der Waals surface area contributed by atoms with E-state index in [2.05, 4.69) is 5.32 Å². The highest BCUT2D eigenvalue weighted by atomic mass is 16.5. The van der Waals surface area contributed by atoms with Crippen molar-refractivity contribution in [1.82, 2.24) is 5.32 Å². The third-order valence-electron chi connectivity index (χ3n) is 4.72. The number of aliphatic hydroxyl groups is 2. The molecule has 5 heteroatoms. The Morgan fingerprint density at radius 1 is 1.12 bits per heavy atom. The fraction of sp³-hybridized carbons (Fsp3) is 0.350. The van der Waals surface area contributed by atoms with Gasteiger partial charge in [-0.3, -0.25) is 4.79 Å². The summed E-state index contributed by atoms with van der Waals surface area (Å²) in [6.07, 6.45) is -1.44. The fourth-order valence-corrected chi connectivity index (χ4v) is 3.43. The Kier molecular flexibility index (Phi) is 5.36. The molecule has 1 aliphatic carbocycles. The molecular weight excluding hydrogens is 318 g/mol. The van der Waals surface area contributed by atoms with Gasteiger partial charge in [-0.1, -0.05) is 42.5 Å². The second-order valence-electron chi connectivity index (χ2n) is 6.45. The van der Waals surface area contributed by atoms with Crippen LogP contribution in [0.3, 0.4) is 0 Å². The number of rotatable bonds is 5. The van der Waals surface area contributed by atoms with Gasteiger partial charge in [0.25, 0.3) is 5.91 Å². The molecule has 0 spiro atoms. The monoisotopic (exact) mass is 341 g/mol. The summed E-state index contributed by atoms with van der Waals surface area (Å²) in [5.41, 5.74) is 2.11. The molecule has 1 amide bonds. The van der Waals surface area contributed by atoms with Gasteiger partial charge < -0.3 is 20.3 Å². The topological polar surface area (TPSA) is 78.8 Å². The molecule has 4 unspecified atom stereocenters. The van der Waals surface area contributed by atoms with Crippen LogP contribution in [0.15, 0.2) is 54.6 Å². The van der Waals surface area contributed by atoms with Crippen LogP contribution >= 0.6 is 0 Å². The zero-order valence-corrected chi connectivity index (χ0v) is 14.1. The van der Waals surface area contributed by atoms with Crippen LogP contribution in [-0.2, 0) is 4.79 Å². The SMILES string of the molecule is Cc1ccccc1C1CC(O)C(O)C1NC(=O)COc1ccccc1. The molecule has 132 valence electrons. The maximum atomic E-state index is 12.3. The highest BCUT2D eigenvalue weighted by Gasteiger charge is 2.43. The maximum Gasteiger partial charge on any atom is 0.258 e. The maximum absolute atomic E-state index is 12.3. The first-order valence-electron chi connectivity index (χ1n) is 8.45. The molecule has 0 radical (unpaired) electrons. The molecule has 0 aliphatic heterocycles. The van der Waals surface area contributed by atoms with E-state index in [1.807, 2.05) is 49.4 Å². The predicted molar refractivity (Wildman–Crippen MR) is 94.4 cm³/mol. The molecule has 25 heavy (non-hydrogen) atoms. The molecule has 0 bridgehead atoms. The van der Waals surface area contributed by atoms with Gasteiger partial charge in [0.1, 0.15) is 11.9 Å². The summed E-state index contributed by atoms with van der Waals surface area (Å²) in [6.45, 7) is 1.85. The first-order chi connectivity index (χ1) is 12.1. The van der Waals surface area contributed by atoms with Crippen LogP contribution in [0.25, 0.3) is 0 Å². The van der Waals surface area contributed by atoms with Crippen molar-refractivity contribution in [1.29, 1.82) is 0 Å². The predicted octanol–water partition coefficient (Wildman–Crippen LogP) is 1.77.